The van der Waals surface area contributed by atoms with Gasteiger partial charge in [-0.05, 0) is 23.1 Å². The fourth-order valence-corrected chi connectivity index (χ4v) is 3.58. The number of urea groups is 1. The topological polar surface area (TPSA) is 67.4 Å². The highest BCUT2D eigenvalue weighted by Gasteiger charge is 2.24. The van der Waals surface area contributed by atoms with Crippen molar-refractivity contribution >= 4 is 6.03 Å². The first-order valence-electron chi connectivity index (χ1n) is 9.78. The van der Waals surface area contributed by atoms with Gasteiger partial charge in [-0.25, -0.2) is 14.8 Å². The molecule has 0 saturated heterocycles. The monoisotopic (exact) mass is 388 g/mol. The van der Waals surface area contributed by atoms with Crippen LogP contribution in [0.3, 0.4) is 0 Å². The van der Waals surface area contributed by atoms with Crippen molar-refractivity contribution in [3.8, 4) is 17.0 Å². The first-order chi connectivity index (χ1) is 14.2. The second kappa shape index (κ2) is 8.73. The molecule has 4 rings (SSSR count). The Morgan fingerprint density at radius 2 is 1.83 bits per heavy atom. The van der Waals surface area contributed by atoms with Crippen LogP contribution in [0.25, 0.3) is 11.1 Å². The lowest BCUT2D eigenvalue weighted by Gasteiger charge is -2.28. The van der Waals surface area contributed by atoms with E-state index < -0.39 is 0 Å². The molecule has 1 N–H and O–H groups in total. The predicted molar refractivity (Wildman–Crippen MR) is 112 cm³/mol. The lowest BCUT2D eigenvalue weighted by Crippen LogP contribution is -2.43. The first kappa shape index (κ1) is 18.9. The van der Waals surface area contributed by atoms with E-state index in [0.29, 0.717) is 31.9 Å². The molecule has 6 nitrogen and oxygen atoms in total. The molecule has 1 aliphatic rings. The first-order valence-corrected chi connectivity index (χ1v) is 9.78. The third kappa shape index (κ3) is 4.37. The zero-order chi connectivity index (χ0) is 20.1. The summed E-state index contributed by atoms with van der Waals surface area (Å²) in [5, 5.41) is 3.02. The Labute approximate surface area is 170 Å². The number of carbonyl (C=O) groups excluding carboxylic acids is 1. The van der Waals surface area contributed by atoms with Crippen LogP contribution in [-0.4, -0.2) is 41.1 Å². The second-order valence-corrected chi connectivity index (χ2v) is 7.02. The molecular weight excluding hydrogens is 364 g/mol. The van der Waals surface area contributed by atoms with Crippen LogP contribution >= 0.6 is 0 Å². The summed E-state index contributed by atoms with van der Waals surface area (Å²) in [7, 11) is 1.59. The summed E-state index contributed by atoms with van der Waals surface area (Å²) in [6.07, 6.45) is 3.01. The van der Waals surface area contributed by atoms with Crippen LogP contribution in [0.1, 0.15) is 16.8 Å². The van der Waals surface area contributed by atoms with Gasteiger partial charge >= 0.3 is 6.03 Å². The predicted octanol–water partition coefficient (Wildman–Crippen LogP) is 3.46. The van der Waals surface area contributed by atoms with E-state index in [1.165, 1.54) is 23.0 Å². The Kier molecular flexibility index (Phi) is 5.70. The number of nitrogens with one attached hydrogen (secondary N) is 1. The van der Waals surface area contributed by atoms with Crippen molar-refractivity contribution in [3.63, 3.8) is 0 Å². The number of ether oxygens (including phenoxy) is 1. The standard InChI is InChI=1S/C23H24N4O2/c1-29-22-20-15-27(14-12-21(20)25-16-26-22)23(28)24-13-11-17-7-9-19(10-8-17)18-5-3-2-4-6-18/h2-10,16H,11-15H2,1H3,(H,24,28). The van der Waals surface area contributed by atoms with Gasteiger partial charge in [0.2, 0.25) is 5.88 Å². The number of aromatic nitrogens is 2. The summed E-state index contributed by atoms with van der Waals surface area (Å²) in [4.78, 5) is 22.8. The largest absolute Gasteiger partial charge is 0.481 e. The van der Waals surface area contributed by atoms with E-state index >= 15 is 0 Å². The fraction of sp³-hybridized carbons (Fsp3) is 0.261. The minimum atomic E-state index is -0.0672. The number of rotatable bonds is 5. The van der Waals surface area contributed by atoms with Crippen LogP contribution in [0.5, 0.6) is 5.88 Å². The van der Waals surface area contributed by atoms with Crippen LogP contribution in [0.2, 0.25) is 0 Å². The molecule has 0 radical (unpaired) electrons. The number of benzene rings is 2. The molecule has 3 aromatic rings. The third-order valence-corrected chi connectivity index (χ3v) is 5.19. The van der Waals surface area contributed by atoms with Gasteiger partial charge < -0.3 is 15.0 Å². The van der Waals surface area contributed by atoms with Gasteiger partial charge in [0.1, 0.15) is 6.33 Å². The Hall–Kier alpha value is -3.41. The second-order valence-electron chi connectivity index (χ2n) is 7.02. The zero-order valence-electron chi connectivity index (χ0n) is 16.5. The molecule has 6 heteroatoms. The number of hydrogen-bond donors (Lipinski definition) is 1. The Bertz CT molecular complexity index is 960. The number of hydrogen-bond acceptors (Lipinski definition) is 4. The van der Waals surface area contributed by atoms with Crippen LogP contribution < -0.4 is 10.1 Å². The van der Waals surface area contributed by atoms with E-state index in [0.717, 1.165) is 17.7 Å². The molecule has 1 aliphatic heterocycles. The average Bonchev–Trinajstić information content (AvgIpc) is 2.79. The van der Waals surface area contributed by atoms with E-state index in [4.69, 9.17) is 4.74 Å². The minimum absolute atomic E-state index is 0.0672. The van der Waals surface area contributed by atoms with Gasteiger partial charge in [0.25, 0.3) is 0 Å². The third-order valence-electron chi connectivity index (χ3n) is 5.19. The quantitative estimate of drug-likeness (QED) is 0.727. The van der Waals surface area contributed by atoms with Crippen molar-refractivity contribution in [2.45, 2.75) is 19.4 Å². The molecule has 0 atom stereocenters. The molecule has 0 saturated carbocycles. The lowest BCUT2D eigenvalue weighted by molar-refractivity contribution is 0.190. The maximum absolute atomic E-state index is 12.6. The molecule has 0 fully saturated rings. The van der Waals surface area contributed by atoms with Crippen molar-refractivity contribution in [2.75, 3.05) is 20.2 Å². The number of amides is 2. The van der Waals surface area contributed by atoms with Gasteiger partial charge in [-0.3, -0.25) is 0 Å². The van der Waals surface area contributed by atoms with Crippen molar-refractivity contribution < 1.29 is 9.53 Å². The molecule has 0 unspecified atom stereocenters. The van der Waals surface area contributed by atoms with Crippen LogP contribution in [-0.2, 0) is 19.4 Å². The van der Waals surface area contributed by atoms with Crippen molar-refractivity contribution in [1.82, 2.24) is 20.2 Å². The summed E-state index contributed by atoms with van der Waals surface area (Å²) in [5.74, 6) is 0.547. The fourth-order valence-electron chi connectivity index (χ4n) is 3.58. The van der Waals surface area contributed by atoms with Gasteiger partial charge in [-0.15, -0.1) is 0 Å². The number of nitrogens with zero attached hydrogens (tertiary/aromatic N) is 3. The normalized spacial score (nSPS) is 12.9. The van der Waals surface area contributed by atoms with E-state index in [1.54, 1.807) is 12.0 Å². The van der Waals surface area contributed by atoms with E-state index in [-0.39, 0.29) is 6.03 Å². The van der Waals surface area contributed by atoms with Gasteiger partial charge in [0, 0.05) is 19.5 Å². The van der Waals surface area contributed by atoms with Crippen LogP contribution in [0, 0.1) is 0 Å². The molecule has 29 heavy (non-hydrogen) atoms. The molecule has 2 aromatic carbocycles. The number of carbonyl (C=O) groups is 1. The summed E-state index contributed by atoms with van der Waals surface area (Å²) in [5.41, 5.74) is 5.45. The molecule has 2 amide bonds. The number of fused-ring (bicyclic) bond motifs is 1. The van der Waals surface area contributed by atoms with Crippen LogP contribution in [0.15, 0.2) is 60.9 Å². The Morgan fingerprint density at radius 3 is 2.59 bits per heavy atom. The molecular formula is C23H24N4O2. The molecule has 0 bridgehead atoms. The number of methoxy groups -OCH3 is 1. The van der Waals surface area contributed by atoms with Gasteiger partial charge in [-0.2, -0.15) is 0 Å². The molecule has 1 aromatic heterocycles. The minimum Gasteiger partial charge on any atom is -0.481 e. The summed E-state index contributed by atoms with van der Waals surface area (Å²) in [6.45, 7) is 1.71. The maximum atomic E-state index is 12.6. The zero-order valence-corrected chi connectivity index (χ0v) is 16.5. The summed E-state index contributed by atoms with van der Waals surface area (Å²) in [6, 6.07) is 18.7. The maximum Gasteiger partial charge on any atom is 0.317 e. The van der Waals surface area contributed by atoms with Crippen molar-refractivity contribution in [1.29, 1.82) is 0 Å². The van der Waals surface area contributed by atoms with Crippen molar-refractivity contribution in [2.24, 2.45) is 0 Å². The van der Waals surface area contributed by atoms with Crippen molar-refractivity contribution in [3.05, 3.63) is 77.7 Å². The lowest BCUT2D eigenvalue weighted by atomic mass is 10.0. The van der Waals surface area contributed by atoms with E-state index in [9.17, 15) is 4.79 Å². The summed E-state index contributed by atoms with van der Waals surface area (Å²) < 4.78 is 5.31. The van der Waals surface area contributed by atoms with E-state index in [2.05, 4.69) is 51.7 Å². The average molecular weight is 388 g/mol. The highest BCUT2D eigenvalue weighted by Crippen LogP contribution is 2.24. The highest BCUT2D eigenvalue weighted by molar-refractivity contribution is 5.74. The Morgan fingerprint density at radius 1 is 1.07 bits per heavy atom. The van der Waals surface area contributed by atoms with Gasteiger partial charge in [-0.1, -0.05) is 54.6 Å². The summed E-state index contributed by atoms with van der Waals surface area (Å²) >= 11 is 0. The molecule has 2 heterocycles. The molecule has 0 aliphatic carbocycles. The molecule has 0 spiro atoms. The van der Waals surface area contributed by atoms with Gasteiger partial charge in [0.05, 0.1) is 24.9 Å². The molecule has 148 valence electrons. The smallest absolute Gasteiger partial charge is 0.317 e. The highest BCUT2D eigenvalue weighted by atomic mass is 16.5. The van der Waals surface area contributed by atoms with E-state index in [1.807, 2.05) is 18.2 Å². The van der Waals surface area contributed by atoms with Gasteiger partial charge in [0.15, 0.2) is 0 Å². The van der Waals surface area contributed by atoms with Crippen LogP contribution in [0.4, 0.5) is 4.79 Å². The Balaban J connectivity index is 1.30. The SMILES string of the molecule is COc1ncnc2c1CN(C(=O)NCCc1ccc(-c3ccccc3)cc1)CC2.